The molecule has 0 unspecified atom stereocenters. The molecule has 0 aromatic carbocycles. The molecule has 1 fully saturated rings. The normalized spacial score (nSPS) is 22.0. The SMILES string of the molecule is CCCC(=O)N1CC[C@H](C(C)=O)C1. The van der Waals surface area contributed by atoms with Crippen molar-refractivity contribution in [1.29, 1.82) is 0 Å². The molecule has 0 aliphatic carbocycles. The van der Waals surface area contributed by atoms with Gasteiger partial charge in [-0.15, -0.1) is 0 Å². The smallest absolute Gasteiger partial charge is 0.222 e. The van der Waals surface area contributed by atoms with Crippen LogP contribution < -0.4 is 0 Å². The Kier molecular flexibility index (Phi) is 3.46. The van der Waals surface area contributed by atoms with Gasteiger partial charge in [0.15, 0.2) is 0 Å². The molecule has 0 N–H and O–H groups in total. The molecule has 13 heavy (non-hydrogen) atoms. The summed E-state index contributed by atoms with van der Waals surface area (Å²) in [7, 11) is 0. The molecule has 1 heterocycles. The van der Waals surface area contributed by atoms with Gasteiger partial charge in [0, 0.05) is 25.4 Å². The minimum absolute atomic E-state index is 0.0980. The zero-order valence-electron chi connectivity index (χ0n) is 8.38. The second kappa shape index (κ2) is 4.40. The summed E-state index contributed by atoms with van der Waals surface area (Å²) >= 11 is 0. The van der Waals surface area contributed by atoms with Gasteiger partial charge in [-0.1, -0.05) is 6.92 Å². The molecule has 0 radical (unpaired) electrons. The summed E-state index contributed by atoms with van der Waals surface area (Å²) in [5.41, 5.74) is 0. The Morgan fingerprint density at radius 1 is 1.46 bits per heavy atom. The maximum Gasteiger partial charge on any atom is 0.222 e. The molecule has 0 bridgehead atoms. The highest BCUT2D eigenvalue weighted by atomic mass is 16.2. The highest BCUT2D eigenvalue weighted by Gasteiger charge is 2.27. The molecule has 1 saturated heterocycles. The van der Waals surface area contributed by atoms with Gasteiger partial charge in [0.05, 0.1) is 0 Å². The zero-order valence-corrected chi connectivity index (χ0v) is 8.38. The van der Waals surface area contributed by atoms with Crippen LogP contribution in [-0.2, 0) is 9.59 Å². The molecule has 0 saturated carbocycles. The number of rotatable bonds is 3. The van der Waals surface area contributed by atoms with Gasteiger partial charge < -0.3 is 4.90 Å². The fourth-order valence-electron chi connectivity index (χ4n) is 1.69. The predicted octanol–water partition coefficient (Wildman–Crippen LogP) is 1.22. The minimum atomic E-state index is 0.0980. The van der Waals surface area contributed by atoms with E-state index >= 15 is 0 Å². The molecule has 1 amide bonds. The van der Waals surface area contributed by atoms with Crippen LogP contribution in [0.5, 0.6) is 0 Å². The van der Waals surface area contributed by atoms with E-state index in [9.17, 15) is 9.59 Å². The van der Waals surface area contributed by atoms with Gasteiger partial charge in [-0.25, -0.2) is 0 Å². The molecule has 1 atom stereocenters. The van der Waals surface area contributed by atoms with E-state index in [1.54, 1.807) is 6.92 Å². The van der Waals surface area contributed by atoms with E-state index < -0.39 is 0 Å². The number of hydrogen-bond donors (Lipinski definition) is 0. The minimum Gasteiger partial charge on any atom is -0.342 e. The summed E-state index contributed by atoms with van der Waals surface area (Å²) in [6, 6.07) is 0. The van der Waals surface area contributed by atoms with Crippen molar-refractivity contribution in [2.75, 3.05) is 13.1 Å². The van der Waals surface area contributed by atoms with Crippen LogP contribution in [-0.4, -0.2) is 29.7 Å². The molecular formula is C10H17NO2. The lowest BCUT2D eigenvalue weighted by Gasteiger charge is -2.15. The molecule has 0 aromatic heterocycles. The molecule has 1 rings (SSSR count). The Labute approximate surface area is 79.1 Å². The van der Waals surface area contributed by atoms with Crippen molar-refractivity contribution in [2.24, 2.45) is 5.92 Å². The monoisotopic (exact) mass is 183 g/mol. The standard InChI is InChI=1S/C10H17NO2/c1-3-4-10(13)11-6-5-9(7-11)8(2)12/h9H,3-7H2,1-2H3/t9-/m0/s1. The van der Waals surface area contributed by atoms with Crippen LogP contribution in [0.1, 0.15) is 33.1 Å². The van der Waals surface area contributed by atoms with Crippen molar-refractivity contribution < 1.29 is 9.59 Å². The van der Waals surface area contributed by atoms with Crippen LogP contribution in [0.3, 0.4) is 0 Å². The first-order valence-corrected chi connectivity index (χ1v) is 4.93. The van der Waals surface area contributed by atoms with Crippen LogP contribution in [0.15, 0.2) is 0 Å². The molecule has 74 valence electrons. The van der Waals surface area contributed by atoms with Gasteiger partial charge in [-0.3, -0.25) is 9.59 Å². The van der Waals surface area contributed by atoms with Crippen LogP contribution in [0.2, 0.25) is 0 Å². The third kappa shape index (κ3) is 2.54. The van der Waals surface area contributed by atoms with Crippen molar-refractivity contribution in [3.63, 3.8) is 0 Å². The van der Waals surface area contributed by atoms with Crippen molar-refractivity contribution >= 4 is 11.7 Å². The van der Waals surface area contributed by atoms with Gasteiger partial charge in [-0.05, 0) is 19.8 Å². The Hall–Kier alpha value is -0.860. The average molecular weight is 183 g/mol. The number of carbonyl (C=O) groups is 2. The highest BCUT2D eigenvalue weighted by Crippen LogP contribution is 2.17. The summed E-state index contributed by atoms with van der Waals surface area (Å²) < 4.78 is 0. The summed E-state index contributed by atoms with van der Waals surface area (Å²) in [5, 5.41) is 0. The first-order valence-electron chi connectivity index (χ1n) is 4.93. The van der Waals surface area contributed by atoms with Crippen molar-refractivity contribution in [1.82, 2.24) is 4.90 Å². The van der Waals surface area contributed by atoms with Crippen LogP contribution >= 0.6 is 0 Å². The Morgan fingerprint density at radius 2 is 2.15 bits per heavy atom. The van der Waals surface area contributed by atoms with Gasteiger partial charge in [0.2, 0.25) is 5.91 Å². The first kappa shape index (κ1) is 10.2. The summed E-state index contributed by atoms with van der Waals surface area (Å²) in [6.45, 7) is 5.02. The number of nitrogens with zero attached hydrogens (tertiary/aromatic N) is 1. The molecular weight excluding hydrogens is 166 g/mol. The fourth-order valence-corrected chi connectivity index (χ4v) is 1.69. The molecule has 3 heteroatoms. The number of carbonyl (C=O) groups excluding carboxylic acids is 2. The first-order chi connectivity index (χ1) is 6.15. The van der Waals surface area contributed by atoms with Crippen LogP contribution in [0, 0.1) is 5.92 Å². The maximum atomic E-state index is 11.4. The quantitative estimate of drug-likeness (QED) is 0.659. The van der Waals surface area contributed by atoms with Crippen molar-refractivity contribution in [3.8, 4) is 0 Å². The number of ketones is 1. The van der Waals surface area contributed by atoms with E-state index in [1.165, 1.54) is 0 Å². The number of Topliss-reactive ketones (excluding diaryl/α,β-unsaturated/α-hetero) is 1. The maximum absolute atomic E-state index is 11.4. The van der Waals surface area contributed by atoms with Gasteiger partial charge in [0.1, 0.15) is 5.78 Å². The summed E-state index contributed by atoms with van der Waals surface area (Å²) in [5.74, 6) is 0.513. The molecule has 1 aliphatic heterocycles. The number of amides is 1. The molecule has 0 spiro atoms. The number of hydrogen-bond acceptors (Lipinski definition) is 2. The van der Waals surface area contributed by atoms with E-state index in [4.69, 9.17) is 0 Å². The second-order valence-corrected chi connectivity index (χ2v) is 3.69. The highest BCUT2D eigenvalue weighted by molar-refractivity contribution is 5.81. The molecule has 1 aliphatic rings. The van der Waals surface area contributed by atoms with E-state index in [2.05, 4.69) is 0 Å². The Morgan fingerprint density at radius 3 is 2.62 bits per heavy atom. The lowest BCUT2D eigenvalue weighted by molar-refractivity contribution is -0.130. The summed E-state index contributed by atoms with van der Waals surface area (Å²) in [6.07, 6.45) is 2.36. The van der Waals surface area contributed by atoms with Gasteiger partial charge in [-0.2, -0.15) is 0 Å². The predicted molar refractivity (Wildman–Crippen MR) is 50.3 cm³/mol. The lowest BCUT2D eigenvalue weighted by Crippen LogP contribution is -2.29. The van der Waals surface area contributed by atoms with Gasteiger partial charge >= 0.3 is 0 Å². The molecule has 3 nitrogen and oxygen atoms in total. The van der Waals surface area contributed by atoms with Crippen molar-refractivity contribution in [2.45, 2.75) is 33.1 Å². The van der Waals surface area contributed by atoms with Gasteiger partial charge in [0.25, 0.3) is 0 Å². The topological polar surface area (TPSA) is 37.4 Å². The van der Waals surface area contributed by atoms with Crippen LogP contribution in [0.25, 0.3) is 0 Å². The van der Waals surface area contributed by atoms with Crippen molar-refractivity contribution in [3.05, 3.63) is 0 Å². The van der Waals surface area contributed by atoms with E-state index in [0.29, 0.717) is 13.0 Å². The fraction of sp³-hybridized carbons (Fsp3) is 0.800. The summed E-state index contributed by atoms with van der Waals surface area (Å²) in [4.78, 5) is 24.3. The third-order valence-corrected chi connectivity index (χ3v) is 2.58. The Balaban J connectivity index is 2.40. The van der Waals surface area contributed by atoms with E-state index in [0.717, 1.165) is 19.4 Å². The average Bonchev–Trinajstić information content (AvgIpc) is 2.52. The van der Waals surface area contributed by atoms with E-state index in [1.807, 2.05) is 11.8 Å². The largest absolute Gasteiger partial charge is 0.342 e. The third-order valence-electron chi connectivity index (χ3n) is 2.58. The lowest BCUT2D eigenvalue weighted by atomic mass is 10.1. The van der Waals surface area contributed by atoms with Crippen LogP contribution in [0.4, 0.5) is 0 Å². The molecule has 0 aromatic rings. The Bertz CT molecular complexity index is 213. The number of likely N-dealkylation sites (tertiary alicyclic amines) is 1. The zero-order chi connectivity index (χ0) is 9.84. The van der Waals surface area contributed by atoms with E-state index in [-0.39, 0.29) is 17.6 Å². The second-order valence-electron chi connectivity index (χ2n) is 3.69.